The first-order chi connectivity index (χ1) is 15.1. The van der Waals surface area contributed by atoms with Crippen LogP contribution >= 0.6 is 0 Å². The number of likely N-dealkylation sites (N-methyl/N-ethyl adjacent to an activating group) is 1. The zero-order valence-corrected chi connectivity index (χ0v) is 18.4. The number of rotatable bonds is 4. The van der Waals surface area contributed by atoms with Gasteiger partial charge in [0.05, 0.1) is 7.11 Å². The van der Waals surface area contributed by atoms with E-state index in [1.165, 1.54) is 11.1 Å². The lowest BCUT2D eigenvalue weighted by molar-refractivity contribution is -0.165. The van der Waals surface area contributed by atoms with Crippen molar-refractivity contribution in [1.82, 2.24) is 4.90 Å². The van der Waals surface area contributed by atoms with E-state index < -0.39 is 24.1 Å². The number of methoxy groups -OCH3 is 1. The highest BCUT2D eigenvalue weighted by molar-refractivity contribution is 5.89. The van der Waals surface area contributed by atoms with Crippen LogP contribution in [0.25, 0.3) is 0 Å². The molecule has 182 valence electrons. The number of hydrogen-bond donors (Lipinski definition) is 4. The van der Waals surface area contributed by atoms with E-state index in [1.807, 2.05) is 6.07 Å². The van der Waals surface area contributed by atoms with Crippen molar-refractivity contribution in [3.63, 3.8) is 0 Å². The molecule has 0 radical (unpaired) electrons. The number of piperidine rings is 1. The van der Waals surface area contributed by atoms with Crippen molar-refractivity contribution in [1.29, 1.82) is 0 Å². The van der Waals surface area contributed by atoms with Crippen LogP contribution in [-0.4, -0.2) is 93.6 Å². The number of carbonyl (C=O) groups excluding carboxylic acids is 1. The fourth-order valence-corrected chi connectivity index (χ4v) is 5.94. The highest BCUT2D eigenvalue weighted by Gasteiger charge is 2.65. The number of aliphatic hydroxyl groups excluding tert-OH is 2. The van der Waals surface area contributed by atoms with E-state index in [4.69, 9.17) is 29.9 Å². The molecule has 2 aliphatic heterocycles. The molecule has 1 spiro atoms. The van der Waals surface area contributed by atoms with Crippen LogP contribution in [0.15, 0.2) is 12.1 Å². The number of aliphatic carboxylic acids is 2. The Balaban J connectivity index is 0.000000241. The molecule has 1 aromatic rings. The van der Waals surface area contributed by atoms with Gasteiger partial charge in [-0.1, -0.05) is 6.07 Å². The number of ether oxygens (including phenoxy) is 2. The molecule has 0 aromatic heterocycles. The molecule has 2 bridgehead atoms. The number of ketones is 1. The molecule has 1 aromatic carbocycles. The first kappa shape index (κ1) is 24.9. The van der Waals surface area contributed by atoms with Crippen LogP contribution < -0.4 is 9.47 Å². The van der Waals surface area contributed by atoms with Gasteiger partial charge >= 0.3 is 11.9 Å². The average molecular weight is 467 g/mol. The molecule has 2 fully saturated rings. The number of carboxylic acids is 2. The molecule has 6 N–H and O–H groups in total. The van der Waals surface area contributed by atoms with E-state index in [-0.39, 0.29) is 22.8 Å². The Morgan fingerprint density at radius 3 is 2.42 bits per heavy atom. The number of likely N-dealkylation sites (tertiary alicyclic amines) is 1. The maximum absolute atomic E-state index is 12.6. The molecule has 33 heavy (non-hydrogen) atoms. The lowest BCUT2D eigenvalue weighted by atomic mass is 9.52. The highest BCUT2D eigenvalue weighted by atomic mass is 16.5. The van der Waals surface area contributed by atoms with Gasteiger partial charge in [0.2, 0.25) is 0 Å². The Kier molecular flexibility index (Phi) is 6.72. The summed E-state index contributed by atoms with van der Waals surface area (Å²) in [5.74, 6) is -1.08. The smallest absolute Gasteiger partial charge is 0.335 e. The Morgan fingerprint density at radius 2 is 1.85 bits per heavy atom. The van der Waals surface area contributed by atoms with Gasteiger partial charge in [-0.3, -0.25) is 4.79 Å². The summed E-state index contributed by atoms with van der Waals surface area (Å²) in [5.41, 5.74) is 2.57. The third kappa shape index (κ3) is 3.65. The lowest BCUT2D eigenvalue weighted by Crippen LogP contribution is -2.65. The van der Waals surface area contributed by atoms with Crippen molar-refractivity contribution in [3.8, 4) is 11.5 Å². The summed E-state index contributed by atoms with van der Waals surface area (Å²) in [6, 6.07) is 4.73. The summed E-state index contributed by atoms with van der Waals surface area (Å²) in [6.45, 7) is 1.05. The molecule has 2 heterocycles. The summed E-state index contributed by atoms with van der Waals surface area (Å²) in [4.78, 5) is 34.7. The minimum atomic E-state index is -2.27. The van der Waals surface area contributed by atoms with Crippen LogP contribution in [0.3, 0.4) is 0 Å². The normalized spacial score (nSPS) is 30.4. The van der Waals surface area contributed by atoms with Gasteiger partial charge in [-0.2, -0.15) is 0 Å². The molecule has 2 aliphatic carbocycles. The molecule has 11 heteroatoms. The standard InChI is InChI=1S/C18H21NO3.C4H6O6.H2O/c1-19-8-7-18-11-4-5-13(20)17(18)22-16-14(21-2)6-3-10(15(16)18)9-12(11)19;5-1(3(7)8)2(6)4(9)10;/h3,6,11-12,17H,4-5,7-9H2,1-2H3;1-2,5-6H,(H,7,8)(H,9,10);1H2/t11-,12+,17+,18+;1-,2-;/m11./s1. The Morgan fingerprint density at radius 1 is 1.21 bits per heavy atom. The summed E-state index contributed by atoms with van der Waals surface area (Å²) in [5, 5.41) is 32.5. The average Bonchev–Trinajstić information content (AvgIpc) is 3.12. The van der Waals surface area contributed by atoms with Crippen molar-refractivity contribution in [2.45, 2.75) is 55.5 Å². The van der Waals surface area contributed by atoms with Crippen LogP contribution in [0.2, 0.25) is 0 Å². The maximum atomic E-state index is 12.6. The van der Waals surface area contributed by atoms with E-state index in [0.717, 1.165) is 37.3 Å². The van der Waals surface area contributed by atoms with Gasteiger partial charge in [0.1, 0.15) is 0 Å². The second-order valence-electron chi connectivity index (χ2n) is 8.85. The van der Waals surface area contributed by atoms with Gasteiger partial charge in [-0.15, -0.1) is 0 Å². The molecule has 11 nitrogen and oxygen atoms in total. The lowest BCUT2D eigenvalue weighted by Gasteiger charge is -2.57. The molecule has 4 aliphatic rings. The van der Waals surface area contributed by atoms with Crippen LogP contribution in [0, 0.1) is 5.92 Å². The molecule has 0 amide bonds. The Labute approximate surface area is 189 Å². The number of aliphatic hydroxyl groups is 2. The van der Waals surface area contributed by atoms with Crippen molar-refractivity contribution in [2.24, 2.45) is 5.92 Å². The van der Waals surface area contributed by atoms with Gasteiger partial charge in [-0.05, 0) is 50.4 Å². The van der Waals surface area contributed by atoms with Gasteiger partial charge in [-0.25, -0.2) is 9.59 Å². The zero-order valence-electron chi connectivity index (χ0n) is 18.4. The number of Topliss-reactive ketones (excluding diaryl/α,β-unsaturated/α-hetero) is 1. The van der Waals surface area contributed by atoms with E-state index >= 15 is 0 Å². The van der Waals surface area contributed by atoms with E-state index in [2.05, 4.69) is 18.0 Å². The highest BCUT2D eigenvalue weighted by Crippen LogP contribution is 2.63. The van der Waals surface area contributed by atoms with Crippen LogP contribution in [0.4, 0.5) is 0 Å². The number of hydrogen-bond acceptors (Lipinski definition) is 8. The van der Waals surface area contributed by atoms with Crippen LogP contribution in [0.5, 0.6) is 11.5 Å². The predicted molar refractivity (Wildman–Crippen MR) is 112 cm³/mol. The monoisotopic (exact) mass is 467 g/mol. The second-order valence-corrected chi connectivity index (χ2v) is 8.85. The van der Waals surface area contributed by atoms with Gasteiger partial charge < -0.3 is 40.3 Å². The third-order valence-corrected chi connectivity index (χ3v) is 7.40. The van der Waals surface area contributed by atoms with E-state index in [9.17, 15) is 14.4 Å². The second kappa shape index (κ2) is 8.90. The maximum Gasteiger partial charge on any atom is 0.335 e. The zero-order chi connectivity index (χ0) is 23.4. The molecular weight excluding hydrogens is 438 g/mol. The van der Waals surface area contributed by atoms with E-state index in [1.54, 1.807) is 7.11 Å². The SMILES string of the molecule is COc1ccc2c3c1O[C@H]1C(=O)CC[C@@H]4[C@H](C2)N(C)CC[C@@]341.O.O=C(O)[C@H](O)[C@@H](O)C(=O)O. The summed E-state index contributed by atoms with van der Waals surface area (Å²) in [7, 11) is 3.91. The minimum absolute atomic E-state index is 0. The molecular formula is C22H29NO10. The van der Waals surface area contributed by atoms with Gasteiger partial charge in [0.25, 0.3) is 0 Å². The quantitative estimate of drug-likeness (QED) is 0.427. The van der Waals surface area contributed by atoms with Crippen molar-refractivity contribution >= 4 is 17.7 Å². The van der Waals surface area contributed by atoms with Crippen molar-refractivity contribution in [2.75, 3.05) is 20.7 Å². The largest absolute Gasteiger partial charge is 0.493 e. The van der Waals surface area contributed by atoms with Crippen molar-refractivity contribution in [3.05, 3.63) is 23.3 Å². The van der Waals surface area contributed by atoms with Gasteiger partial charge in [0.15, 0.2) is 35.6 Å². The van der Waals surface area contributed by atoms with Gasteiger partial charge in [0, 0.05) is 23.4 Å². The fourth-order valence-electron chi connectivity index (χ4n) is 5.94. The van der Waals surface area contributed by atoms with Crippen LogP contribution in [0.1, 0.15) is 30.4 Å². The number of carbonyl (C=O) groups is 3. The molecule has 6 atom stereocenters. The minimum Gasteiger partial charge on any atom is -0.493 e. The predicted octanol–water partition coefficient (Wildman–Crippen LogP) is -1.01. The Hall–Kier alpha value is -2.73. The van der Waals surface area contributed by atoms with Crippen LogP contribution in [-0.2, 0) is 26.2 Å². The number of nitrogens with zero attached hydrogens (tertiary/aromatic N) is 1. The number of benzene rings is 1. The van der Waals surface area contributed by atoms with Crippen molar-refractivity contribution < 1.29 is 49.8 Å². The molecule has 0 unspecified atom stereocenters. The summed E-state index contributed by atoms with van der Waals surface area (Å²) >= 11 is 0. The summed E-state index contributed by atoms with van der Waals surface area (Å²) < 4.78 is 11.8. The molecule has 1 saturated carbocycles. The fraction of sp³-hybridized carbons (Fsp3) is 0.591. The summed E-state index contributed by atoms with van der Waals surface area (Å²) in [6.07, 6.45) is -1.06. The molecule has 5 rings (SSSR count). The molecule has 1 saturated heterocycles. The third-order valence-electron chi connectivity index (χ3n) is 7.40. The van der Waals surface area contributed by atoms with E-state index in [0.29, 0.717) is 18.4 Å². The first-order valence-corrected chi connectivity index (χ1v) is 10.5. The number of carboxylic acid groups (broad SMARTS) is 2. The topological polar surface area (TPSA) is 185 Å². The Bertz CT molecular complexity index is 947. The first-order valence-electron chi connectivity index (χ1n) is 10.5.